The summed E-state index contributed by atoms with van der Waals surface area (Å²) in [6, 6.07) is 16.2. The van der Waals surface area contributed by atoms with Crippen LogP contribution in [0.2, 0.25) is 0 Å². The third kappa shape index (κ3) is 3.66. The molecule has 0 saturated carbocycles. The molecule has 0 fully saturated rings. The minimum Gasteiger partial charge on any atom is -0.337 e. The normalized spacial score (nSPS) is 18.7. The van der Waals surface area contributed by atoms with Crippen LogP contribution in [0.1, 0.15) is 23.1 Å². The van der Waals surface area contributed by atoms with Crippen LogP contribution in [0, 0.1) is 21.4 Å². The lowest BCUT2D eigenvalue weighted by molar-refractivity contribution is -0.384. The minimum atomic E-state index is -0.924. The summed E-state index contributed by atoms with van der Waals surface area (Å²) in [6.07, 6.45) is 1.77. The number of nitro groups is 1. The highest BCUT2D eigenvalue weighted by atomic mass is 16.6. The second-order valence-electron chi connectivity index (χ2n) is 6.29. The van der Waals surface area contributed by atoms with Crippen LogP contribution in [0.15, 0.2) is 48.5 Å². The Morgan fingerprint density at radius 1 is 1.24 bits per heavy atom. The van der Waals surface area contributed by atoms with Gasteiger partial charge in [-0.1, -0.05) is 36.4 Å². The van der Waals surface area contributed by atoms with E-state index in [-0.39, 0.29) is 18.0 Å². The van der Waals surface area contributed by atoms with Crippen molar-refractivity contribution < 1.29 is 9.72 Å². The highest BCUT2D eigenvalue weighted by molar-refractivity contribution is 5.80. The third-order valence-corrected chi connectivity index (χ3v) is 4.51. The molecule has 0 saturated heterocycles. The van der Waals surface area contributed by atoms with E-state index in [1.54, 1.807) is 12.1 Å². The molecule has 1 aliphatic rings. The molecule has 6 nitrogen and oxygen atoms in total. The van der Waals surface area contributed by atoms with E-state index in [0.717, 1.165) is 12.0 Å². The number of nitrogens with zero attached hydrogens (tertiary/aromatic N) is 2. The lowest BCUT2D eigenvalue weighted by Gasteiger charge is -2.33. The summed E-state index contributed by atoms with van der Waals surface area (Å²) < 4.78 is 0. The molecule has 0 spiro atoms. The molecule has 126 valence electrons. The summed E-state index contributed by atoms with van der Waals surface area (Å²) in [5.41, 5.74) is 1.86. The van der Waals surface area contributed by atoms with E-state index < -0.39 is 10.5 Å². The molecule has 2 aromatic carbocycles. The van der Waals surface area contributed by atoms with Crippen LogP contribution in [-0.2, 0) is 24.1 Å². The van der Waals surface area contributed by atoms with Gasteiger partial charge >= 0.3 is 0 Å². The lowest BCUT2D eigenvalue weighted by atomic mass is 9.78. The molecule has 0 radical (unpaired) electrons. The molecule has 1 amide bonds. The molecular formula is C19H17N3O3. The van der Waals surface area contributed by atoms with Gasteiger partial charge in [-0.3, -0.25) is 14.9 Å². The van der Waals surface area contributed by atoms with Gasteiger partial charge in [0.15, 0.2) is 0 Å². The second-order valence-corrected chi connectivity index (χ2v) is 6.29. The van der Waals surface area contributed by atoms with Crippen LogP contribution in [0.4, 0.5) is 5.69 Å². The maximum absolute atomic E-state index is 12.4. The van der Waals surface area contributed by atoms with E-state index in [0.29, 0.717) is 18.4 Å². The molecule has 25 heavy (non-hydrogen) atoms. The van der Waals surface area contributed by atoms with Gasteiger partial charge in [-0.15, -0.1) is 0 Å². The Bertz CT molecular complexity index is 872. The van der Waals surface area contributed by atoms with Crippen molar-refractivity contribution in [3.8, 4) is 6.07 Å². The Kier molecular flexibility index (Phi) is 4.48. The number of nitrogens with one attached hydrogen (secondary N) is 1. The Morgan fingerprint density at radius 2 is 2.00 bits per heavy atom. The van der Waals surface area contributed by atoms with Gasteiger partial charge < -0.3 is 5.32 Å². The fourth-order valence-electron chi connectivity index (χ4n) is 3.24. The van der Waals surface area contributed by atoms with Crippen molar-refractivity contribution in [3.63, 3.8) is 0 Å². The van der Waals surface area contributed by atoms with Crippen molar-refractivity contribution in [3.05, 3.63) is 75.3 Å². The van der Waals surface area contributed by atoms with E-state index >= 15 is 0 Å². The monoisotopic (exact) mass is 335 g/mol. The van der Waals surface area contributed by atoms with Crippen LogP contribution in [0.25, 0.3) is 0 Å². The van der Waals surface area contributed by atoms with E-state index in [9.17, 15) is 20.2 Å². The number of hydrogen-bond acceptors (Lipinski definition) is 4. The fourth-order valence-corrected chi connectivity index (χ4v) is 3.24. The summed E-state index contributed by atoms with van der Waals surface area (Å²) in [6.45, 7) is 0. The average Bonchev–Trinajstić information content (AvgIpc) is 2.61. The van der Waals surface area contributed by atoms with Crippen molar-refractivity contribution in [2.75, 3.05) is 0 Å². The van der Waals surface area contributed by atoms with E-state index in [1.807, 2.05) is 24.3 Å². The zero-order valence-corrected chi connectivity index (χ0v) is 13.6. The summed E-state index contributed by atoms with van der Waals surface area (Å²) in [4.78, 5) is 22.7. The predicted molar refractivity (Wildman–Crippen MR) is 91.8 cm³/mol. The molecule has 0 aliphatic heterocycles. The average molecular weight is 335 g/mol. The highest BCUT2D eigenvalue weighted by Gasteiger charge is 2.35. The van der Waals surface area contributed by atoms with Gasteiger partial charge in [-0.05, 0) is 29.5 Å². The molecule has 1 N–H and O–H groups in total. The summed E-state index contributed by atoms with van der Waals surface area (Å²) >= 11 is 0. The van der Waals surface area contributed by atoms with Crippen molar-refractivity contribution >= 4 is 11.6 Å². The fraction of sp³-hybridized carbons (Fsp3) is 0.263. The highest BCUT2D eigenvalue weighted by Crippen LogP contribution is 2.28. The number of benzene rings is 2. The SMILES string of the molecule is N#C[C@@]1(NC(=O)Cc2cccc([N+](=O)[O-])c2)CCc2ccccc2C1. The van der Waals surface area contributed by atoms with Gasteiger partial charge in [0.05, 0.1) is 17.4 Å². The first-order chi connectivity index (χ1) is 12.0. The largest absolute Gasteiger partial charge is 0.337 e. The van der Waals surface area contributed by atoms with E-state index in [4.69, 9.17) is 0 Å². The number of carbonyl (C=O) groups is 1. The van der Waals surface area contributed by atoms with Crippen molar-refractivity contribution in [2.45, 2.75) is 31.2 Å². The molecular weight excluding hydrogens is 318 g/mol. The molecule has 3 rings (SSSR count). The second kappa shape index (κ2) is 6.73. The standard InChI is InChI=1S/C19H17N3O3/c20-13-19(9-8-15-5-1-2-6-16(15)12-19)21-18(23)11-14-4-3-7-17(10-14)22(24)25/h1-7,10H,8-9,11-12H2,(H,21,23)/t19-/m1/s1. The van der Waals surface area contributed by atoms with E-state index in [2.05, 4.69) is 11.4 Å². The molecule has 2 aromatic rings. The van der Waals surface area contributed by atoms with Gasteiger partial charge in [0.25, 0.3) is 5.69 Å². The van der Waals surface area contributed by atoms with Crippen LogP contribution in [-0.4, -0.2) is 16.4 Å². The molecule has 1 aliphatic carbocycles. The Morgan fingerprint density at radius 3 is 2.72 bits per heavy atom. The number of carbonyl (C=O) groups excluding carboxylic acids is 1. The smallest absolute Gasteiger partial charge is 0.269 e. The molecule has 0 heterocycles. The third-order valence-electron chi connectivity index (χ3n) is 4.51. The Labute approximate surface area is 145 Å². The van der Waals surface area contributed by atoms with Gasteiger partial charge in [0.1, 0.15) is 5.54 Å². The zero-order valence-electron chi connectivity index (χ0n) is 13.6. The molecule has 0 unspecified atom stereocenters. The molecule has 0 bridgehead atoms. The van der Waals surface area contributed by atoms with Crippen LogP contribution >= 0.6 is 0 Å². The molecule has 1 atom stereocenters. The van der Waals surface area contributed by atoms with Crippen molar-refractivity contribution in [1.82, 2.24) is 5.32 Å². The number of fused-ring (bicyclic) bond motifs is 1. The molecule has 6 heteroatoms. The first kappa shape index (κ1) is 16.7. The predicted octanol–water partition coefficient (Wildman–Crippen LogP) is 2.70. The number of hydrogen-bond donors (Lipinski definition) is 1. The summed E-state index contributed by atoms with van der Waals surface area (Å²) in [5.74, 6) is -0.304. The lowest BCUT2D eigenvalue weighted by Crippen LogP contribution is -2.51. The number of non-ortho nitro benzene ring substituents is 1. The van der Waals surface area contributed by atoms with Crippen LogP contribution in [0.5, 0.6) is 0 Å². The zero-order chi connectivity index (χ0) is 17.9. The Hall–Kier alpha value is -3.20. The summed E-state index contributed by atoms with van der Waals surface area (Å²) in [5, 5.41) is 23.3. The topological polar surface area (TPSA) is 96.0 Å². The van der Waals surface area contributed by atoms with Gasteiger partial charge in [-0.2, -0.15) is 5.26 Å². The first-order valence-electron chi connectivity index (χ1n) is 8.04. The minimum absolute atomic E-state index is 0.00670. The first-order valence-corrected chi connectivity index (χ1v) is 8.04. The van der Waals surface area contributed by atoms with Crippen LogP contribution < -0.4 is 5.32 Å². The number of nitro benzene ring substituents is 1. The number of amides is 1. The maximum atomic E-state index is 12.4. The van der Waals surface area contributed by atoms with Gasteiger partial charge in [-0.25, -0.2) is 0 Å². The number of rotatable bonds is 4. The van der Waals surface area contributed by atoms with Gasteiger partial charge in [0.2, 0.25) is 5.91 Å². The molecule has 0 aromatic heterocycles. The maximum Gasteiger partial charge on any atom is 0.269 e. The van der Waals surface area contributed by atoms with Crippen molar-refractivity contribution in [2.24, 2.45) is 0 Å². The Balaban J connectivity index is 1.73. The summed E-state index contributed by atoms with van der Waals surface area (Å²) in [7, 11) is 0. The number of nitriles is 1. The van der Waals surface area contributed by atoms with E-state index in [1.165, 1.54) is 17.7 Å². The van der Waals surface area contributed by atoms with Crippen molar-refractivity contribution in [1.29, 1.82) is 5.26 Å². The number of aryl methyl sites for hydroxylation is 1. The van der Waals surface area contributed by atoms with Gasteiger partial charge in [0, 0.05) is 18.6 Å². The van der Waals surface area contributed by atoms with Crippen LogP contribution in [0.3, 0.4) is 0 Å². The quantitative estimate of drug-likeness (QED) is 0.686.